The largest absolute Gasteiger partial charge is 0.460 e. The van der Waals surface area contributed by atoms with E-state index in [4.69, 9.17) is 4.74 Å². The summed E-state index contributed by atoms with van der Waals surface area (Å²) in [4.78, 5) is 22.4. The quantitative estimate of drug-likeness (QED) is 0.774. The van der Waals surface area contributed by atoms with Gasteiger partial charge >= 0.3 is 5.97 Å². The first-order valence-corrected chi connectivity index (χ1v) is 6.57. The average molecular weight is 253 g/mol. The third-order valence-corrected chi connectivity index (χ3v) is 2.50. The predicted molar refractivity (Wildman–Crippen MR) is 67.6 cm³/mol. The fourth-order valence-corrected chi connectivity index (χ4v) is 1.51. The van der Waals surface area contributed by atoms with E-state index < -0.39 is 5.97 Å². The van der Waals surface area contributed by atoms with E-state index in [9.17, 15) is 9.59 Å². The molecule has 1 amide bonds. The standard InChI is InChI=1S/C12H15NO3S/c1-17-9-11(14)13-7-12(15)16-8-10-5-3-2-4-6-10/h2-6H,7-9H2,1H3,(H,13,14). The van der Waals surface area contributed by atoms with Gasteiger partial charge in [-0.1, -0.05) is 30.3 Å². The number of carbonyl (C=O) groups excluding carboxylic acids is 2. The molecule has 0 saturated carbocycles. The Morgan fingerprint density at radius 2 is 2.00 bits per heavy atom. The van der Waals surface area contributed by atoms with Crippen LogP contribution in [0.25, 0.3) is 0 Å². The Bertz CT molecular complexity index is 367. The van der Waals surface area contributed by atoms with Crippen LogP contribution in [0.3, 0.4) is 0 Å². The van der Waals surface area contributed by atoms with Gasteiger partial charge in [0.1, 0.15) is 13.2 Å². The number of nitrogens with one attached hydrogen (secondary N) is 1. The molecule has 0 aliphatic carbocycles. The zero-order valence-corrected chi connectivity index (χ0v) is 10.5. The van der Waals surface area contributed by atoms with Crippen molar-refractivity contribution in [3.63, 3.8) is 0 Å². The van der Waals surface area contributed by atoms with Crippen molar-refractivity contribution < 1.29 is 14.3 Å². The van der Waals surface area contributed by atoms with Crippen LogP contribution in [0.1, 0.15) is 5.56 Å². The predicted octanol–water partition coefficient (Wildman–Crippen LogP) is 1.21. The number of hydrogen-bond donors (Lipinski definition) is 1. The Kier molecular flexibility index (Phi) is 6.17. The molecule has 0 aliphatic heterocycles. The van der Waals surface area contributed by atoms with E-state index in [1.54, 1.807) is 0 Å². The van der Waals surface area contributed by atoms with Gasteiger partial charge < -0.3 is 10.1 Å². The van der Waals surface area contributed by atoms with Crippen molar-refractivity contribution in [2.75, 3.05) is 18.6 Å². The second-order valence-electron chi connectivity index (χ2n) is 3.36. The van der Waals surface area contributed by atoms with E-state index in [1.165, 1.54) is 11.8 Å². The van der Waals surface area contributed by atoms with E-state index >= 15 is 0 Å². The lowest BCUT2D eigenvalue weighted by Gasteiger charge is -2.05. The molecule has 0 atom stereocenters. The maximum atomic E-state index is 11.3. The van der Waals surface area contributed by atoms with Gasteiger partial charge in [0.2, 0.25) is 5.91 Å². The van der Waals surface area contributed by atoms with Crippen LogP contribution in [0.4, 0.5) is 0 Å². The molecule has 0 saturated heterocycles. The first-order valence-electron chi connectivity index (χ1n) is 5.17. The summed E-state index contributed by atoms with van der Waals surface area (Å²) in [6, 6.07) is 9.40. The molecule has 92 valence electrons. The molecule has 0 aromatic heterocycles. The highest BCUT2D eigenvalue weighted by molar-refractivity contribution is 7.99. The zero-order chi connectivity index (χ0) is 12.5. The van der Waals surface area contributed by atoms with E-state index in [1.807, 2.05) is 36.6 Å². The summed E-state index contributed by atoms with van der Waals surface area (Å²) < 4.78 is 5.00. The number of benzene rings is 1. The maximum Gasteiger partial charge on any atom is 0.325 e. The molecule has 0 heterocycles. The number of hydrogen-bond acceptors (Lipinski definition) is 4. The summed E-state index contributed by atoms with van der Waals surface area (Å²) in [6.07, 6.45) is 1.83. The minimum absolute atomic E-state index is 0.0772. The average Bonchev–Trinajstić information content (AvgIpc) is 2.35. The fourth-order valence-electron chi connectivity index (χ4n) is 1.14. The minimum atomic E-state index is -0.427. The highest BCUT2D eigenvalue weighted by atomic mass is 32.2. The van der Waals surface area contributed by atoms with Gasteiger partial charge in [-0.05, 0) is 11.8 Å². The van der Waals surface area contributed by atoms with Crippen molar-refractivity contribution in [3.05, 3.63) is 35.9 Å². The monoisotopic (exact) mass is 253 g/mol. The smallest absolute Gasteiger partial charge is 0.325 e. The van der Waals surface area contributed by atoms with E-state index in [-0.39, 0.29) is 19.1 Å². The van der Waals surface area contributed by atoms with Gasteiger partial charge in [0, 0.05) is 0 Å². The Hall–Kier alpha value is -1.49. The lowest BCUT2D eigenvalue weighted by Crippen LogP contribution is -2.31. The molecule has 0 aliphatic rings. The second kappa shape index (κ2) is 7.73. The molecule has 1 aromatic carbocycles. The molecule has 1 N–H and O–H groups in total. The van der Waals surface area contributed by atoms with E-state index in [2.05, 4.69) is 5.32 Å². The number of amides is 1. The van der Waals surface area contributed by atoms with Gasteiger partial charge in [-0.25, -0.2) is 0 Å². The van der Waals surface area contributed by atoms with Gasteiger partial charge in [-0.3, -0.25) is 9.59 Å². The molecular formula is C12H15NO3S. The molecule has 17 heavy (non-hydrogen) atoms. The fraction of sp³-hybridized carbons (Fsp3) is 0.333. The summed E-state index contributed by atoms with van der Waals surface area (Å²) in [5, 5.41) is 2.49. The second-order valence-corrected chi connectivity index (χ2v) is 4.22. The normalized spacial score (nSPS) is 9.71. The maximum absolute atomic E-state index is 11.3. The third kappa shape index (κ3) is 5.97. The molecule has 0 spiro atoms. The highest BCUT2D eigenvalue weighted by Crippen LogP contribution is 2.00. The van der Waals surface area contributed by atoms with Gasteiger partial charge in [-0.15, -0.1) is 0 Å². The first kappa shape index (κ1) is 13.6. The highest BCUT2D eigenvalue weighted by Gasteiger charge is 2.05. The van der Waals surface area contributed by atoms with Gasteiger partial charge in [-0.2, -0.15) is 11.8 Å². The Morgan fingerprint density at radius 3 is 2.65 bits per heavy atom. The number of ether oxygens (including phenoxy) is 1. The Labute approximate surface area is 105 Å². The number of thioether (sulfide) groups is 1. The van der Waals surface area contributed by atoms with Crippen LogP contribution in [-0.2, 0) is 20.9 Å². The molecule has 4 nitrogen and oxygen atoms in total. The summed E-state index contributed by atoms with van der Waals surface area (Å²) in [6.45, 7) is 0.157. The molecule has 5 heteroatoms. The van der Waals surface area contributed by atoms with Crippen LogP contribution in [0, 0.1) is 0 Å². The first-order chi connectivity index (χ1) is 8.22. The van der Waals surface area contributed by atoms with Gasteiger partial charge in [0.25, 0.3) is 0 Å². The Morgan fingerprint density at radius 1 is 1.29 bits per heavy atom. The third-order valence-electron chi connectivity index (χ3n) is 1.95. The topological polar surface area (TPSA) is 55.4 Å². The molecule has 1 rings (SSSR count). The van der Waals surface area contributed by atoms with Crippen molar-refractivity contribution >= 4 is 23.6 Å². The molecule has 0 radical (unpaired) electrons. The van der Waals surface area contributed by atoms with Gasteiger partial charge in [0.15, 0.2) is 0 Å². The van der Waals surface area contributed by atoms with Crippen LogP contribution < -0.4 is 5.32 Å². The number of carbonyl (C=O) groups is 2. The lowest BCUT2D eigenvalue weighted by atomic mass is 10.2. The van der Waals surface area contributed by atoms with Crippen LogP contribution in [0.15, 0.2) is 30.3 Å². The van der Waals surface area contributed by atoms with Crippen LogP contribution in [-0.4, -0.2) is 30.4 Å². The lowest BCUT2D eigenvalue weighted by molar-refractivity contribution is -0.145. The summed E-state index contributed by atoms with van der Waals surface area (Å²) in [7, 11) is 0. The van der Waals surface area contributed by atoms with Crippen molar-refractivity contribution in [2.24, 2.45) is 0 Å². The molecule has 0 unspecified atom stereocenters. The van der Waals surface area contributed by atoms with Crippen LogP contribution in [0.2, 0.25) is 0 Å². The number of esters is 1. The van der Waals surface area contributed by atoms with E-state index in [0.29, 0.717) is 5.75 Å². The SMILES string of the molecule is CSCC(=O)NCC(=O)OCc1ccccc1. The summed E-state index contributed by atoms with van der Waals surface area (Å²) >= 11 is 1.41. The number of rotatable bonds is 6. The van der Waals surface area contributed by atoms with Crippen molar-refractivity contribution in [1.29, 1.82) is 0 Å². The molecule has 0 bridgehead atoms. The van der Waals surface area contributed by atoms with E-state index in [0.717, 1.165) is 5.56 Å². The van der Waals surface area contributed by atoms with Gasteiger partial charge in [0.05, 0.1) is 5.75 Å². The van der Waals surface area contributed by atoms with Crippen LogP contribution in [0.5, 0.6) is 0 Å². The zero-order valence-electron chi connectivity index (χ0n) is 9.64. The van der Waals surface area contributed by atoms with Crippen molar-refractivity contribution in [2.45, 2.75) is 6.61 Å². The van der Waals surface area contributed by atoms with Crippen LogP contribution >= 0.6 is 11.8 Å². The molecule has 0 fully saturated rings. The summed E-state index contributed by atoms with van der Waals surface area (Å²) in [5.74, 6) is -0.233. The van der Waals surface area contributed by atoms with Crippen molar-refractivity contribution in [1.82, 2.24) is 5.32 Å². The molecular weight excluding hydrogens is 238 g/mol. The van der Waals surface area contributed by atoms with Crippen molar-refractivity contribution in [3.8, 4) is 0 Å². The summed E-state index contributed by atoms with van der Waals surface area (Å²) in [5.41, 5.74) is 0.927. The molecule has 1 aromatic rings. The Balaban J connectivity index is 2.20. The minimum Gasteiger partial charge on any atom is -0.460 e.